The number of rotatable bonds is 4. The maximum atomic E-state index is 4.42. The average Bonchev–Trinajstić information content (AvgIpc) is 2.76. The van der Waals surface area contributed by atoms with E-state index < -0.39 is 0 Å². The van der Waals surface area contributed by atoms with Crippen molar-refractivity contribution in [2.75, 3.05) is 0 Å². The van der Waals surface area contributed by atoms with Crippen molar-refractivity contribution in [2.45, 2.75) is 39.4 Å². The fraction of sp³-hybridized carbons (Fsp3) is 0.400. The summed E-state index contributed by atoms with van der Waals surface area (Å²) in [4.78, 5) is 4.42. The van der Waals surface area contributed by atoms with E-state index in [4.69, 9.17) is 0 Å². The summed E-state index contributed by atoms with van der Waals surface area (Å²) in [5.74, 6) is 0. The zero-order chi connectivity index (χ0) is 13.9. The highest BCUT2D eigenvalue weighted by molar-refractivity contribution is 9.10. The molecule has 0 amide bonds. The Morgan fingerprint density at radius 3 is 2.68 bits per heavy atom. The van der Waals surface area contributed by atoms with Gasteiger partial charge in [0.2, 0.25) is 0 Å². The van der Waals surface area contributed by atoms with E-state index in [9.17, 15) is 0 Å². The SMILES string of the molecule is CC(C)(C)NCc1cccn1Cc1ccc(Br)cn1. The monoisotopic (exact) mass is 321 g/mol. The molecule has 0 saturated carbocycles. The van der Waals surface area contributed by atoms with Gasteiger partial charge in [-0.3, -0.25) is 4.98 Å². The number of hydrogen-bond donors (Lipinski definition) is 1. The average molecular weight is 322 g/mol. The Bertz CT molecular complexity index is 523. The predicted octanol–water partition coefficient (Wildman–Crippen LogP) is 3.58. The van der Waals surface area contributed by atoms with Crippen LogP contribution in [0.3, 0.4) is 0 Å². The highest BCUT2D eigenvalue weighted by Crippen LogP contribution is 2.11. The molecule has 19 heavy (non-hydrogen) atoms. The van der Waals surface area contributed by atoms with Crippen molar-refractivity contribution in [3.05, 3.63) is 52.5 Å². The number of pyridine rings is 1. The van der Waals surface area contributed by atoms with E-state index in [-0.39, 0.29) is 5.54 Å². The largest absolute Gasteiger partial charge is 0.344 e. The molecule has 0 aromatic carbocycles. The molecule has 0 aliphatic carbocycles. The number of aromatic nitrogens is 2. The quantitative estimate of drug-likeness (QED) is 0.932. The molecule has 0 radical (unpaired) electrons. The van der Waals surface area contributed by atoms with Crippen LogP contribution < -0.4 is 5.32 Å². The van der Waals surface area contributed by atoms with Gasteiger partial charge >= 0.3 is 0 Å². The molecule has 1 N–H and O–H groups in total. The Balaban J connectivity index is 2.05. The van der Waals surface area contributed by atoms with Crippen LogP contribution >= 0.6 is 15.9 Å². The van der Waals surface area contributed by atoms with E-state index >= 15 is 0 Å². The van der Waals surface area contributed by atoms with Crippen LogP contribution in [-0.2, 0) is 13.1 Å². The molecule has 0 aliphatic rings. The fourth-order valence-corrected chi connectivity index (χ4v) is 2.03. The molecule has 0 bridgehead atoms. The first-order valence-electron chi connectivity index (χ1n) is 6.43. The van der Waals surface area contributed by atoms with Crippen LogP contribution in [0.15, 0.2) is 41.1 Å². The molecule has 102 valence electrons. The third-order valence-corrected chi connectivity index (χ3v) is 3.31. The van der Waals surface area contributed by atoms with Crippen molar-refractivity contribution in [1.82, 2.24) is 14.9 Å². The standard InChI is InChI=1S/C15H20BrN3/c1-15(2,3)18-10-14-5-4-8-19(14)11-13-7-6-12(16)9-17-13/h4-9,18H,10-11H2,1-3H3. The Labute approximate surface area is 123 Å². The molecular formula is C15H20BrN3. The number of hydrogen-bond acceptors (Lipinski definition) is 2. The van der Waals surface area contributed by atoms with E-state index in [1.54, 1.807) is 0 Å². The number of halogens is 1. The highest BCUT2D eigenvalue weighted by atomic mass is 79.9. The molecule has 0 saturated heterocycles. The van der Waals surface area contributed by atoms with Gasteiger partial charge in [-0.25, -0.2) is 0 Å². The van der Waals surface area contributed by atoms with Crippen molar-refractivity contribution >= 4 is 15.9 Å². The molecule has 4 heteroatoms. The molecule has 0 aliphatic heterocycles. The maximum absolute atomic E-state index is 4.42. The first-order valence-corrected chi connectivity index (χ1v) is 7.23. The van der Waals surface area contributed by atoms with Crippen LogP contribution in [0.5, 0.6) is 0 Å². The molecule has 2 aromatic rings. The zero-order valence-corrected chi connectivity index (χ0v) is 13.2. The minimum Gasteiger partial charge on any atom is -0.344 e. The Kier molecular flexibility index (Phi) is 4.42. The van der Waals surface area contributed by atoms with Crippen LogP contribution in [0.1, 0.15) is 32.2 Å². The summed E-state index contributed by atoms with van der Waals surface area (Å²) in [5.41, 5.74) is 2.47. The third-order valence-electron chi connectivity index (χ3n) is 2.84. The minimum absolute atomic E-state index is 0.130. The van der Waals surface area contributed by atoms with E-state index in [1.807, 2.05) is 18.3 Å². The zero-order valence-electron chi connectivity index (χ0n) is 11.7. The topological polar surface area (TPSA) is 29.9 Å². The van der Waals surface area contributed by atoms with Crippen LogP contribution in [0.4, 0.5) is 0 Å². The van der Waals surface area contributed by atoms with Gasteiger partial charge < -0.3 is 9.88 Å². The van der Waals surface area contributed by atoms with Crippen molar-refractivity contribution in [2.24, 2.45) is 0 Å². The van der Waals surface area contributed by atoms with Crippen molar-refractivity contribution in [3.8, 4) is 0 Å². The second-order valence-corrected chi connectivity index (χ2v) is 6.61. The van der Waals surface area contributed by atoms with Gasteiger partial charge in [0.25, 0.3) is 0 Å². The van der Waals surface area contributed by atoms with Crippen LogP contribution in [0, 0.1) is 0 Å². The fourth-order valence-electron chi connectivity index (χ4n) is 1.79. The lowest BCUT2D eigenvalue weighted by atomic mass is 10.1. The summed E-state index contributed by atoms with van der Waals surface area (Å²) in [7, 11) is 0. The van der Waals surface area contributed by atoms with Crippen LogP contribution in [0.25, 0.3) is 0 Å². The van der Waals surface area contributed by atoms with E-state index in [2.05, 4.69) is 69.9 Å². The van der Waals surface area contributed by atoms with Crippen molar-refractivity contribution in [3.63, 3.8) is 0 Å². The predicted molar refractivity (Wildman–Crippen MR) is 82.1 cm³/mol. The van der Waals surface area contributed by atoms with Gasteiger partial charge in [0.15, 0.2) is 0 Å². The highest BCUT2D eigenvalue weighted by Gasteiger charge is 2.10. The van der Waals surface area contributed by atoms with Crippen LogP contribution in [-0.4, -0.2) is 15.1 Å². The van der Waals surface area contributed by atoms with E-state index in [1.165, 1.54) is 5.69 Å². The minimum atomic E-state index is 0.130. The number of nitrogens with zero attached hydrogens (tertiary/aromatic N) is 2. The summed E-state index contributed by atoms with van der Waals surface area (Å²) in [5, 5.41) is 3.51. The molecule has 0 unspecified atom stereocenters. The molecule has 0 fully saturated rings. The van der Waals surface area contributed by atoms with E-state index in [0.29, 0.717) is 0 Å². The van der Waals surface area contributed by atoms with Gasteiger partial charge in [-0.15, -0.1) is 0 Å². The first-order chi connectivity index (χ1) is 8.94. The Morgan fingerprint density at radius 2 is 2.05 bits per heavy atom. The molecule has 2 rings (SSSR count). The smallest absolute Gasteiger partial charge is 0.0645 e. The molecule has 0 atom stereocenters. The summed E-state index contributed by atoms with van der Waals surface area (Å²) in [6, 6.07) is 8.31. The molecule has 3 nitrogen and oxygen atoms in total. The van der Waals surface area contributed by atoms with E-state index in [0.717, 1.165) is 23.3 Å². The summed E-state index contributed by atoms with van der Waals surface area (Å²) in [6.07, 6.45) is 3.94. The second-order valence-electron chi connectivity index (χ2n) is 5.70. The molecular weight excluding hydrogens is 302 g/mol. The molecule has 0 spiro atoms. The lowest BCUT2D eigenvalue weighted by molar-refractivity contribution is 0.416. The Morgan fingerprint density at radius 1 is 1.26 bits per heavy atom. The first kappa shape index (κ1) is 14.3. The molecule has 2 aromatic heterocycles. The van der Waals surface area contributed by atoms with Gasteiger partial charge in [-0.2, -0.15) is 0 Å². The normalized spacial score (nSPS) is 11.8. The maximum Gasteiger partial charge on any atom is 0.0645 e. The van der Waals surface area contributed by atoms with Gasteiger partial charge in [0.05, 0.1) is 12.2 Å². The van der Waals surface area contributed by atoms with Crippen molar-refractivity contribution in [1.29, 1.82) is 0 Å². The van der Waals surface area contributed by atoms with Gasteiger partial charge in [-0.05, 0) is 61.0 Å². The number of nitrogens with one attached hydrogen (secondary N) is 1. The lowest BCUT2D eigenvalue weighted by Crippen LogP contribution is -2.35. The van der Waals surface area contributed by atoms with Crippen LogP contribution in [0.2, 0.25) is 0 Å². The summed E-state index contributed by atoms with van der Waals surface area (Å²) in [6.45, 7) is 8.21. The van der Waals surface area contributed by atoms with Crippen molar-refractivity contribution < 1.29 is 0 Å². The summed E-state index contributed by atoms with van der Waals surface area (Å²) < 4.78 is 3.24. The van der Waals surface area contributed by atoms with Gasteiger partial charge in [0.1, 0.15) is 0 Å². The third kappa shape index (κ3) is 4.48. The van der Waals surface area contributed by atoms with Gasteiger partial charge in [0, 0.05) is 34.6 Å². The second kappa shape index (κ2) is 5.88. The summed E-state index contributed by atoms with van der Waals surface area (Å²) >= 11 is 3.41. The van der Waals surface area contributed by atoms with Gasteiger partial charge in [-0.1, -0.05) is 0 Å². The lowest BCUT2D eigenvalue weighted by Gasteiger charge is -2.21. The Hall–Kier alpha value is -1.13. The molecule has 2 heterocycles.